The SMILES string of the molecule is CC1(C)C[C@H](N[C@@H](CO)c2ccccc2)c2ccc(Cl)cc21.Cc1ccccc1. The molecular weight excluding hydrogens is 378 g/mol. The highest BCUT2D eigenvalue weighted by Crippen LogP contribution is 2.46. The molecule has 2 atom stereocenters. The summed E-state index contributed by atoms with van der Waals surface area (Å²) in [4.78, 5) is 0. The second kappa shape index (κ2) is 9.58. The maximum Gasteiger partial charge on any atom is 0.0626 e. The van der Waals surface area contributed by atoms with Crippen LogP contribution >= 0.6 is 11.6 Å². The van der Waals surface area contributed by atoms with Gasteiger partial charge in [-0.1, -0.05) is 97.7 Å². The molecule has 0 unspecified atom stereocenters. The van der Waals surface area contributed by atoms with Crippen LogP contribution in [0, 0.1) is 6.92 Å². The fourth-order valence-corrected chi connectivity index (χ4v) is 4.19. The van der Waals surface area contributed by atoms with Crippen molar-refractivity contribution < 1.29 is 5.11 Å². The maximum absolute atomic E-state index is 9.78. The topological polar surface area (TPSA) is 32.3 Å². The standard InChI is InChI=1S/C19H22ClNO.C7H8/c1-19(2)11-17(15-9-8-14(20)10-16(15)19)21-18(12-22)13-6-4-3-5-7-13;1-7-5-3-2-4-6-7/h3-10,17-18,21-22H,11-12H2,1-2H3;2-6H,1H3/t17-,18-;/m0./s1. The average Bonchev–Trinajstić information content (AvgIpc) is 2.97. The van der Waals surface area contributed by atoms with Crippen LogP contribution in [0.3, 0.4) is 0 Å². The number of aliphatic hydroxyl groups excluding tert-OH is 1. The number of aliphatic hydroxyl groups is 1. The third-order valence-corrected chi connectivity index (χ3v) is 5.80. The molecule has 2 N–H and O–H groups in total. The predicted molar refractivity (Wildman–Crippen MR) is 122 cm³/mol. The van der Waals surface area contributed by atoms with Crippen molar-refractivity contribution in [1.29, 1.82) is 0 Å². The molecule has 0 saturated carbocycles. The first-order chi connectivity index (χ1) is 13.9. The van der Waals surface area contributed by atoms with Gasteiger partial charge in [0.25, 0.3) is 0 Å². The lowest BCUT2D eigenvalue weighted by Crippen LogP contribution is -2.28. The zero-order valence-corrected chi connectivity index (χ0v) is 18.2. The number of aryl methyl sites for hydroxylation is 1. The Bertz CT molecular complexity index is 909. The van der Waals surface area contributed by atoms with Crippen molar-refractivity contribution in [2.75, 3.05) is 6.61 Å². The van der Waals surface area contributed by atoms with E-state index in [2.05, 4.69) is 62.5 Å². The van der Waals surface area contributed by atoms with Gasteiger partial charge in [0, 0.05) is 11.1 Å². The molecule has 0 fully saturated rings. The van der Waals surface area contributed by atoms with Crippen LogP contribution in [0.2, 0.25) is 5.02 Å². The molecule has 152 valence electrons. The smallest absolute Gasteiger partial charge is 0.0626 e. The van der Waals surface area contributed by atoms with Crippen molar-refractivity contribution in [3.63, 3.8) is 0 Å². The highest BCUT2D eigenvalue weighted by Gasteiger charge is 2.37. The summed E-state index contributed by atoms with van der Waals surface area (Å²) in [6.07, 6.45) is 1.01. The highest BCUT2D eigenvalue weighted by molar-refractivity contribution is 6.30. The minimum atomic E-state index is -0.0522. The van der Waals surface area contributed by atoms with Gasteiger partial charge in [-0.3, -0.25) is 0 Å². The van der Waals surface area contributed by atoms with Crippen molar-refractivity contribution in [3.8, 4) is 0 Å². The van der Waals surface area contributed by atoms with E-state index in [0.717, 1.165) is 17.0 Å². The van der Waals surface area contributed by atoms with Crippen LogP contribution in [0.25, 0.3) is 0 Å². The van der Waals surface area contributed by atoms with Gasteiger partial charge in [0.15, 0.2) is 0 Å². The first kappa shape index (κ1) is 21.6. The summed E-state index contributed by atoms with van der Waals surface area (Å²) >= 11 is 6.17. The molecular formula is C26H30ClNO. The van der Waals surface area contributed by atoms with Gasteiger partial charge in [0.2, 0.25) is 0 Å². The Labute approximate surface area is 179 Å². The van der Waals surface area contributed by atoms with E-state index in [0.29, 0.717) is 0 Å². The number of hydrogen-bond donors (Lipinski definition) is 2. The van der Waals surface area contributed by atoms with Gasteiger partial charge < -0.3 is 10.4 Å². The first-order valence-electron chi connectivity index (χ1n) is 10.1. The fourth-order valence-electron chi connectivity index (χ4n) is 4.01. The Kier molecular flexibility index (Phi) is 7.13. The van der Waals surface area contributed by atoms with Gasteiger partial charge in [-0.15, -0.1) is 0 Å². The predicted octanol–water partition coefficient (Wildman–Crippen LogP) is 6.38. The van der Waals surface area contributed by atoms with E-state index >= 15 is 0 Å². The zero-order chi connectivity index (χ0) is 20.9. The summed E-state index contributed by atoms with van der Waals surface area (Å²) in [5.41, 5.74) is 5.13. The third-order valence-electron chi connectivity index (χ3n) is 5.56. The molecule has 0 aliphatic heterocycles. The molecule has 0 spiro atoms. The highest BCUT2D eigenvalue weighted by atomic mass is 35.5. The molecule has 1 aliphatic rings. The molecule has 4 rings (SSSR count). The largest absolute Gasteiger partial charge is 0.394 e. The van der Waals surface area contributed by atoms with Gasteiger partial charge in [0.05, 0.1) is 12.6 Å². The Morgan fingerprint density at radius 3 is 2.17 bits per heavy atom. The van der Waals surface area contributed by atoms with Crippen LogP contribution in [0.15, 0.2) is 78.9 Å². The van der Waals surface area contributed by atoms with E-state index in [1.807, 2.05) is 42.5 Å². The van der Waals surface area contributed by atoms with Crippen molar-refractivity contribution in [2.24, 2.45) is 0 Å². The maximum atomic E-state index is 9.78. The second-order valence-corrected chi connectivity index (χ2v) is 8.78. The Balaban J connectivity index is 0.000000290. The second-order valence-electron chi connectivity index (χ2n) is 8.34. The number of hydrogen-bond acceptors (Lipinski definition) is 2. The minimum absolute atomic E-state index is 0.0522. The summed E-state index contributed by atoms with van der Waals surface area (Å²) in [6.45, 7) is 6.67. The van der Waals surface area contributed by atoms with E-state index in [1.165, 1.54) is 16.7 Å². The number of halogens is 1. The Morgan fingerprint density at radius 1 is 1.00 bits per heavy atom. The third kappa shape index (κ3) is 5.48. The molecule has 29 heavy (non-hydrogen) atoms. The van der Waals surface area contributed by atoms with E-state index in [9.17, 15) is 5.11 Å². The zero-order valence-electron chi connectivity index (χ0n) is 17.4. The van der Waals surface area contributed by atoms with Crippen LogP contribution in [0.1, 0.15) is 54.6 Å². The quantitative estimate of drug-likeness (QED) is 0.525. The minimum Gasteiger partial charge on any atom is -0.394 e. The molecule has 0 saturated heterocycles. The first-order valence-corrected chi connectivity index (χ1v) is 10.5. The molecule has 0 aromatic heterocycles. The van der Waals surface area contributed by atoms with Gasteiger partial charge in [-0.05, 0) is 47.6 Å². The van der Waals surface area contributed by atoms with Crippen LogP contribution in [0.4, 0.5) is 0 Å². The summed E-state index contributed by atoms with van der Waals surface area (Å²) in [5, 5.41) is 14.2. The molecule has 0 heterocycles. The molecule has 3 aromatic carbocycles. The van der Waals surface area contributed by atoms with Gasteiger partial charge in [-0.2, -0.15) is 0 Å². The van der Waals surface area contributed by atoms with E-state index < -0.39 is 0 Å². The molecule has 3 aromatic rings. The van der Waals surface area contributed by atoms with Crippen LogP contribution in [-0.2, 0) is 5.41 Å². The van der Waals surface area contributed by atoms with Crippen LogP contribution < -0.4 is 5.32 Å². The molecule has 2 nitrogen and oxygen atoms in total. The monoisotopic (exact) mass is 407 g/mol. The van der Waals surface area contributed by atoms with Crippen molar-refractivity contribution in [3.05, 3.63) is 106 Å². The van der Waals surface area contributed by atoms with Crippen LogP contribution in [0.5, 0.6) is 0 Å². The average molecular weight is 408 g/mol. The summed E-state index contributed by atoms with van der Waals surface area (Å²) in [6, 6.07) is 26.7. The molecule has 1 aliphatic carbocycles. The summed E-state index contributed by atoms with van der Waals surface area (Å²) in [5.74, 6) is 0. The van der Waals surface area contributed by atoms with Gasteiger partial charge in [0.1, 0.15) is 0 Å². The number of rotatable bonds is 4. The van der Waals surface area contributed by atoms with Crippen LogP contribution in [-0.4, -0.2) is 11.7 Å². The Hall–Kier alpha value is -2.13. The van der Waals surface area contributed by atoms with Crippen molar-refractivity contribution >= 4 is 11.6 Å². The summed E-state index contributed by atoms with van der Waals surface area (Å²) in [7, 11) is 0. The van der Waals surface area contributed by atoms with Crippen molar-refractivity contribution in [2.45, 2.75) is 44.7 Å². The van der Waals surface area contributed by atoms with E-state index in [-0.39, 0.29) is 24.1 Å². The van der Waals surface area contributed by atoms with Crippen molar-refractivity contribution in [1.82, 2.24) is 5.32 Å². The number of benzene rings is 3. The fraction of sp³-hybridized carbons (Fsp3) is 0.308. The number of fused-ring (bicyclic) bond motifs is 1. The lowest BCUT2D eigenvalue weighted by atomic mass is 9.86. The lowest BCUT2D eigenvalue weighted by molar-refractivity contribution is 0.229. The molecule has 0 radical (unpaired) electrons. The van der Waals surface area contributed by atoms with E-state index in [1.54, 1.807) is 0 Å². The molecule has 0 bridgehead atoms. The van der Waals surface area contributed by atoms with E-state index in [4.69, 9.17) is 11.6 Å². The Morgan fingerprint density at radius 2 is 1.62 bits per heavy atom. The lowest BCUT2D eigenvalue weighted by Gasteiger charge is -2.24. The van der Waals surface area contributed by atoms with Gasteiger partial charge >= 0.3 is 0 Å². The number of nitrogens with one attached hydrogen (secondary N) is 1. The van der Waals surface area contributed by atoms with Gasteiger partial charge in [-0.25, -0.2) is 0 Å². The summed E-state index contributed by atoms with van der Waals surface area (Å²) < 4.78 is 0. The molecule has 3 heteroatoms. The normalized spacial score (nSPS) is 17.8. The molecule has 0 amide bonds.